The number of rotatable bonds is 11. The van der Waals surface area contributed by atoms with Crippen molar-refractivity contribution in [1.29, 1.82) is 0 Å². The van der Waals surface area contributed by atoms with Crippen LogP contribution >= 0.6 is 39.5 Å². The number of carbonyl (C=O) groups is 4. The number of fused-ring (bicyclic) bond motifs is 1. The summed E-state index contributed by atoms with van der Waals surface area (Å²) < 4.78 is 6.99. The Morgan fingerprint density at radius 3 is 2.59 bits per heavy atom. The number of β-lactam (4-membered cyclic amide) rings is 1. The maximum absolute atomic E-state index is 13.2. The fourth-order valence-corrected chi connectivity index (χ4v) is 6.93. The minimum absolute atomic E-state index is 0.0683. The average molecular weight is 664 g/mol. The molecule has 0 radical (unpaired) electrons. The van der Waals surface area contributed by atoms with Crippen molar-refractivity contribution in [3.05, 3.63) is 32.0 Å². The number of aromatic amines is 1. The zero-order valence-corrected chi connectivity index (χ0v) is 26.0. The van der Waals surface area contributed by atoms with Crippen molar-refractivity contribution in [3.8, 4) is 0 Å². The number of nitrogens with zero attached hydrogens (tertiary/aromatic N) is 4. The van der Waals surface area contributed by atoms with E-state index in [-0.39, 0.29) is 28.4 Å². The SMILES string of the molecule is CON=C(CBr)CC(=O)C(=O)N[C@@H]1C(=O)N2C(C(=O)O[Si](C)(C)C)=C(CSc3nc(=O)c(=O)[nH]n3C)CS[C@H]12. The van der Waals surface area contributed by atoms with Crippen LogP contribution in [0.4, 0.5) is 0 Å². The van der Waals surface area contributed by atoms with Gasteiger partial charge in [0.2, 0.25) is 14.1 Å². The zero-order chi connectivity index (χ0) is 29.1. The van der Waals surface area contributed by atoms with E-state index in [1.54, 1.807) is 0 Å². The molecule has 14 nitrogen and oxygen atoms in total. The number of nitrogens with one attached hydrogen (secondary N) is 2. The molecular weight excluding hydrogens is 636 g/mol. The molecule has 1 saturated heterocycles. The number of thioether (sulfide) groups is 2. The molecule has 1 fully saturated rings. The molecule has 0 unspecified atom stereocenters. The van der Waals surface area contributed by atoms with Gasteiger partial charge < -0.3 is 14.6 Å². The fourth-order valence-electron chi connectivity index (χ4n) is 3.57. The van der Waals surface area contributed by atoms with Crippen LogP contribution in [0.15, 0.2) is 31.2 Å². The number of aryl methyl sites for hydroxylation is 1. The summed E-state index contributed by atoms with van der Waals surface area (Å²) >= 11 is 5.59. The predicted molar refractivity (Wildman–Crippen MR) is 150 cm³/mol. The standard InChI is InChI=1S/C21H27BrN6O8S2Si/c1-27-21(24-16(31)17(32)25-27)38-9-10-8-37-19-13(23-15(30)12(29)6-11(7-22)26-35-2)18(33)28(19)14(10)20(34)36-39(3,4)5/h13,19H,6-9H2,1-5H3,(H,23,30)(H,25,32)/t13-,19-/m1/s1. The van der Waals surface area contributed by atoms with Crippen molar-refractivity contribution in [2.24, 2.45) is 12.2 Å². The smallest absolute Gasteiger partial charge is 0.341 e. The summed E-state index contributed by atoms with van der Waals surface area (Å²) in [4.78, 5) is 84.2. The molecule has 39 heavy (non-hydrogen) atoms. The Morgan fingerprint density at radius 1 is 1.28 bits per heavy atom. The van der Waals surface area contributed by atoms with Crippen molar-refractivity contribution in [2.75, 3.05) is 23.9 Å². The van der Waals surface area contributed by atoms with Crippen molar-refractivity contribution in [3.63, 3.8) is 0 Å². The molecule has 2 N–H and O–H groups in total. The summed E-state index contributed by atoms with van der Waals surface area (Å²) in [6.07, 6.45) is -0.288. The molecule has 2 aliphatic rings. The lowest BCUT2D eigenvalue weighted by molar-refractivity contribution is -0.151. The van der Waals surface area contributed by atoms with Gasteiger partial charge in [-0.25, -0.2) is 4.79 Å². The normalized spacial score (nSPS) is 19.3. The molecule has 2 aliphatic heterocycles. The number of H-pyrrole nitrogens is 1. The van der Waals surface area contributed by atoms with Gasteiger partial charge in [-0.3, -0.25) is 38.7 Å². The van der Waals surface area contributed by atoms with E-state index in [2.05, 4.69) is 41.3 Å². The molecule has 212 valence electrons. The summed E-state index contributed by atoms with van der Waals surface area (Å²) in [5.74, 6) is -2.47. The topological polar surface area (TPSA) is 182 Å². The van der Waals surface area contributed by atoms with Gasteiger partial charge in [0.15, 0.2) is 5.16 Å². The summed E-state index contributed by atoms with van der Waals surface area (Å²) in [5.41, 5.74) is -0.856. The van der Waals surface area contributed by atoms with Crippen LogP contribution in [0.1, 0.15) is 6.42 Å². The monoisotopic (exact) mass is 662 g/mol. The highest BCUT2D eigenvalue weighted by molar-refractivity contribution is 9.09. The second-order valence-corrected chi connectivity index (χ2v) is 16.4. The first-order valence-electron chi connectivity index (χ1n) is 11.5. The molecule has 3 heterocycles. The number of hydrogen-bond donors (Lipinski definition) is 2. The second kappa shape index (κ2) is 12.6. The van der Waals surface area contributed by atoms with Crippen LogP contribution in [0.5, 0.6) is 0 Å². The van der Waals surface area contributed by atoms with E-state index in [0.717, 1.165) is 11.8 Å². The number of amides is 2. The number of Topliss-reactive ketones (excluding diaryl/α,β-unsaturated/α-hetero) is 1. The van der Waals surface area contributed by atoms with E-state index in [1.807, 2.05) is 19.6 Å². The summed E-state index contributed by atoms with van der Waals surface area (Å²) in [5, 5.41) is 8.33. The molecule has 0 aromatic carbocycles. The Morgan fingerprint density at radius 2 is 1.97 bits per heavy atom. The first-order valence-corrected chi connectivity index (χ1v) is 18.0. The Balaban J connectivity index is 1.82. The molecule has 2 amide bonds. The lowest BCUT2D eigenvalue weighted by atomic mass is 10.0. The van der Waals surface area contributed by atoms with Gasteiger partial charge in [-0.05, 0) is 25.2 Å². The molecule has 1 aromatic heterocycles. The van der Waals surface area contributed by atoms with Gasteiger partial charge in [0.05, 0.1) is 12.1 Å². The number of ketones is 1. The number of alkyl halides is 1. The maximum atomic E-state index is 13.2. The number of halogens is 1. The first kappa shape index (κ1) is 30.8. The van der Waals surface area contributed by atoms with Crippen LogP contribution in [-0.4, -0.2) is 92.6 Å². The van der Waals surface area contributed by atoms with Crippen molar-refractivity contribution < 1.29 is 28.4 Å². The minimum atomic E-state index is -2.35. The van der Waals surface area contributed by atoms with Crippen LogP contribution in [-0.2, 0) is 35.5 Å². The highest BCUT2D eigenvalue weighted by atomic mass is 79.9. The minimum Gasteiger partial charge on any atom is -0.515 e. The van der Waals surface area contributed by atoms with Gasteiger partial charge in [0.25, 0.3) is 11.8 Å². The van der Waals surface area contributed by atoms with E-state index in [1.165, 1.54) is 35.5 Å². The lowest BCUT2D eigenvalue weighted by Crippen LogP contribution is -2.71. The number of aromatic nitrogens is 3. The second-order valence-electron chi connectivity index (χ2n) is 9.38. The average Bonchev–Trinajstić information content (AvgIpc) is 2.86. The Bertz CT molecular complexity index is 1370. The highest BCUT2D eigenvalue weighted by Crippen LogP contribution is 2.42. The molecule has 1 aromatic rings. The highest BCUT2D eigenvalue weighted by Gasteiger charge is 2.55. The van der Waals surface area contributed by atoms with Gasteiger partial charge in [0.1, 0.15) is 24.2 Å². The molecule has 0 aliphatic carbocycles. The van der Waals surface area contributed by atoms with E-state index in [4.69, 9.17) is 4.43 Å². The quantitative estimate of drug-likeness (QED) is 0.0616. The Kier molecular flexibility index (Phi) is 10.00. The zero-order valence-electron chi connectivity index (χ0n) is 21.7. The van der Waals surface area contributed by atoms with Crippen LogP contribution in [0.25, 0.3) is 0 Å². The van der Waals surface area contributed by atoms with Gasteiger partial charge in [0, 0.05) is 23.9 Å². The van der Waals surface area contributed by atoms with Crippen molar-refractivity contribution >= 4 is 77.0 Å². The van der Waals surface area contributed by atoms with Crippen molar-refractivity contribution in [2.45, 2.75) is 42.6 Å². The molecule has 0 saturated carbocycles. The van der Waals surface area contributed by atoms with E-state index >= 15 is 0 Å². The molecule has 0 bridgehead atoms. The van der Waals surface area contributed by atoms with Crippen LogP contribution in [0, 0.1) is 0 Å². The van der Waals surface area contributed by atoms with Crippen LogP contribution in [0.3, 0.4) is 0 Å². The molecular formula is C21H27BrN6O8S2Si. The number of carbonyl (C=O) groups excluding carboxylic acids is 4. The molecule has 3 rings (SSSR count). The summed E-state index contributed by atoms with van der Waals surface area (Å²) in [6.45, 7) is 5.49. The fraction of sp³-hybridized carbons (Fsp3) is 0.524. The number of hydrogen-bond acceptors (Lipinski definition) is 12. The number of oxime groups is 1. The molecule has 2 atom stereocenters. The van der Waals surface area contributed by atoms with Crippen LogP contribution < -0.4 is 16.4 Å². The Hall–Kier alpha value is -2.70. The van der Waals surface area contributed by atoms with E-state index in [9.17, 15) is 28.8 Å². The molecule has 18 heteroatoms. The largest absolute Gasteiger partial charge is 0.515 e. The van der Waals surface area contributed by atoms with Gasteiger partial charge in [-0.2, -0.15) is 4.98 Å². The van der Waals surface area contributed by atoms with Crippen LogP contribution in [0.2, 0.25) is 19.6 Å². The third-order valence-electron chi connectivity index (χ3n) is 5.24. The molecule has 0 spiro atoms. The predicted octanol–water partition coefficient (Wildman–Crippen LogP) is -0.0507. The van der Waals surface area contributed by atoms with Crippen molar-refractivity contribution in [1.82, 2.24) is 25.0 Å². The summed E-state index contributed by atoms with van der Waals surface area (Å²) in [6, 6.07) is -1.01. The third kappa shape index (κ3) is 7.28. The van der Waals surface area contributed by atoms with E-state index in [0.29, 0.717) is 17.0 Å². The van der Waals surface area contributed by atoms with E-state index < -0.39 is 54.4 Å². The third-order valence-corrected chi connectivity index (χ3v) is 9.14. The lowest BCUT2D eigenvalue weighted by Gasteiger charge is -2.50. The van der Waals surface area contributed by atoms with Gasteiger partial charge >= 0.3 is 17.1 Å². The Labute approximate surface area is 240 Å². The summed E-state index contributed by atoms with van der Waals surface area (Å²) in [7, 11) is 0.488. The maximum Gasteiger partial charge on any atom is 0.341 e. The van der Waals surface area contributed by atoms with Gasteiger partial charge in [-0.1, -0.05) is 32.8 Å². The van der Waals surface area contributed by atoms with Gasteiger partial charge in [-0.15, -0.1) is 11.8 Å². The first-order chi connectivity index (χ1) is 18.3.